The molecule has 1 amide bonds. The molecule has 0 aromatic heterocycles. The standard InChI is InChI=1S/C19H22FN3O4S/c20-17-6-1-2-7-18(17)22-28(25,26)16-5-3-4-15(14-16)19(24)21-8-9-23-10-12-27-13-11-23/h1-7,14,22H,8-13H2,(H,21,24). The van der Waals surface area contributed by atoms with Crippen molar-refractivity contribution in [1.29, 1.82) is 0 Å². The fraction of sp³-hybridized carbons (Fsp3) is 0.316. The van der Waals surface area contributed by atoms with Gasteiger partial charge >= 0.3 is 0 Å². The predicted octanol–water partition coefficient (Wildman–Crippen LogP) is 1.69. The normalized spacial score (nSPS) is 15.2. The summed E-state index contributed by atoms with van der Waals surface area (Å²) in [5.74, 6) is -1.04. The number of benzene rings is 2. The number of rotatable bonds is 7. The van der Waals surface area contributed by atoms with Gasteiger partial charge in [0.15, 0.2) is 0 Å². The summed E-state index contributed by atoms with van der Waals surface area (Å²) in [6.45, 7) is 4.16. The van der Waals surface area contributed by atoms with Crippen molar-refractivity contribution in [1.82, 2.24) is 10.2 Å². The third-order valence-electron chi connectivity index (χ3n) is 4.34. The van der Waals surface area contributed by atoms with Gasteiger partial charge in [-0.05, 0) is 30.3 Å². The topological polar surface area (TPSA) is 87.7 Å². The Bertz CT molecular complexity index is 930. The number of nitrogens with one attached hydrogen (secondary N) is 2. The molecule has 0 radical (unpaired) electrons. The first-order valence-corrected chi connectivity index (χ1v) is 10.4. The highest BCUT2D eigenvalue weighted by Gasteiger charge is 2.18. The Labute approximate surface area is 163 Å². The molecule has 7 nitrogen and oxygen atoms in total. The van der Waals surface area contributed by atoms with Crippen LogP contribution >= 0.6 is 0 Å². The third kappa shape index (κ3) is 5.28. The lowest BCUT2D eigenvalue weighted by Crippen LogP contribution is -2.41. The van der Waals surface area contributed by atoms with E-state index < -0.39 is 15.8 Å². The first-order valence-electron chi connectivity index (χ1n) is 8.91. The van der Waals surface area contributed by atoms with Crippen molar-refractivity contribution >= 4 is 21.6 Å². The number of nitrogens with zero attached hydrogens (tertiary/aromatic N) is 1. The van der Waals surface area contributed by atoms with Crippen molar-refractivity contribution in [3.05, 3.63) is 59.9 Å². The van der Waals surface area contributed by atoms with E-state index in [1.807, 2.05) is 0 Å². The summed E-state index contributed by atoms with van der Waals surface area (Å²) in [6.07, 6.45) is 0. The fourth-order valence-electron chi connectivity index (χ4n) is 2.81. The Morgan fingerprint density at radius 1 is 1.11 bits per heavy atom. The van der Waals surface area contributed by atoms with Crippen LogP contribution in [0.25, 0.3) is 0 Å². The second kappa shape index (κ2) is 9.13. The van der Waals surface area contributed by atoms with Gasteiger partial charge in [0.25, 0.3) is 15.9 Å². The van der Waals surface area contributed by atoms with Crippen LogP contribution in [0.15, 0.2) is 53.4 Å². The van der Waals surface area contributed by atoms with Gasteiger partial charge in [-0.3, -0.25) is 14.4 Å². The third-order valence-corrected chi connectivity index (χ3v) is 5.71. The summed E-state index contributed by atoms with van der Waals surface area (Å²) in [5, 5.41) is 2.79. The van der Waals surface area contributed by atoms with Gasteiger partial charge in [-0.25, -0.2) is 12.8 Å². The molecule has 1 aliphatic rings. The minimum absolute atomic E-state index is 0.114. The van der Waals surface area contributed by atoms with E-state index in [2.05, 4.69) is 14.9 Å². The molecule has 150 valence electrons. The summed E-state index contributed by atoms with van der Waals surface area (Å²) in [5.41, 5.74) is 0.0706. The van der Waals surface area contributed by atoms with Gasteiger partial charge in [-0.15, -0.1) is 0 Å². The van der Waals surface area contributed by atoms with Crippen LogP contribution in [0.2, 0.25) is 0 Å². The number of anilines is 1. The van der Waals surface area contributed by atoms with Crippen LogP contribution in [0.5, 0.6) is 0 Å². The number of ether oxygens (including phenoxy) is 1. The lowest BCUT2D eigenvalue weighted by molar-refractivity contribution is 0.0383. The summed E-state index contributed by atoms with van der Waals surface area (Å²) in [7, 11) is -4.02. The van der Waals surface area contributed by atoms with Crippen LogP contribution < -0.4 is 10.0 Å². The molecular formula is C19H22FN3O4S. The van der Waals surface area contributed by atoms with Crippen molar-refractivity contribution in [3.8, 4) is 0 Å². The lowest BCUT2D eigenvalue weighted by Gasteiger charge is -2.26. The Morgan fingerprint density at radius 2 is 1.86 bits per heavy atom. The predicted molar refractivity (Wildman–Crippen MR) is 103 cm³/mol. The van der Waals surface area contributed by atoms with Gasteiger partial charge < -0.3 is 10.1 Å². The molecule has 1 saturated heterocycles. The summed E-state index contributed by atoms with van der Waals surface area (Å²) in [6, 6.07) is 11.1. The number of amides is 1. The van der Waals surface area contributed by atoms with Crippen molar-refractivity contribution in [3.63, 3.8) is 0 Å². The zero-order valence-corrected chi connectivity index (χ0v) is 16.0. The fourth-order valence-corrected chi connectivity index (χ4v) is 3.92. The number of carbonyl (C=O) groups is 1. The summed E-state index contributed by atoms with van der Waals surface area (Å²) < 4.78 is 46.3. The maximum Gasteiger partial charge on any atom is 0.262 e. The minimum Gasteiger partial charge on any atom is -0.379 e. The van der Waals surface area contributed by atoms with Crippen LogP contribution in [-0.4, -0.2) is 58.6 Å². The Morgan fingerprint density at radius 3 is 2.61 bits per heavy atom. The summed E-state index contributed by atoms with van der Waals surface area (Å²) in [4.78, 5) is 14.4. The van der Waals surface area contributed by atoms with E-state index in [1.165, 1.54) is 42.5 Å². The molecule has 2 aromatic carbocycles. The van der Waals surface area contributed by atoms with Crippen molar-refractivity contribution in [2.75, 3.05) is 44.1 Å². The maximum absolute atomic E-state index is 13.7. The number of hydrogen-bond donors (Lipinski definition) is 2. The van der Waals surface area contributed by atoms with Crippen molar-refractivity contribution in [2.24, 2.45) is 0 Å². The van der Waals surface area contributed by atoms with E-state index in [0.717, 1.165) is 19.2 Å². The average molecular weight is 407 g/mol. The molecule has 2 aromatic rings. The molecule has 0 saturated carbocycles. The highest BCUT2D eigenvalue weighted by Crippen LogP contribution is 2.19. The molecule has 0 unspecified atom stereocenters. The van der Waals surface area contributed by atoms with E-state index >= 15 is 0 Å². The molecule has 1 heterocycles. The zero-order valence-electron chi connectivity index (χ0n) is 15.2. The molecule has 1 aliphatic heterocycles. The first kappa shape index (κ1) is 20.2. The van der Waals surface area contributed by atoms with Crippen LogP contribution in [0.1, 0.15) is 10.4 Å². The molecule has 2 N–H and O–H groups in total. The van der Waals surface area contributed by atoms with Gasteiger partial charge in [-0.2, -0.15) is 0 Å². The Kier molecular flexibility index (Phi) is 6.61. The molecular weight excluding hydrogens is 385 g/mol. The van der Waals surface area contributed by atoms with E-state index in [1.54, 1.807) is 0 Å². The second-order valence-corrected chi connectivity index (χ2v) is 8.01. The SMILES string of the molecule is O=C(NCCN1CCOCC1)c1cccc(S(=O)(=O)Nc2ccccc2F)c1. The van der Waals surface area contributed by atoms with Crippen LogP contribution in [0.3, 0.4) is 0 Å². The largest absolute Gasteiger partial charge is 0.379 e. The monoisotopic (exact) mass is 407 g/mol. The maximum atomic E-state index is 13.7. The molecule has 1 fully saturated rings. The highest BCUT2D eigenvalue weighted by atomic mass is 32.2. The second-order valence-electron chi connectivity index (χ2n) is 6.32. The number of carbonyl (C=O) groups excluding carboxylic acids is 1. The van der Waals surface area contributed by atoms with E-state index in [4.69, 9.17) is 4.74 Å². The number of morpholine rings is 1. The molecule has 0 aliphatic carbocycles. The number of hydrogen-bond acceptors (Lipinski definition) is 5. The highest BCUT2D eigenvalue weighted by molar-refractivity contribution is 7.92. The number of sulfonamides is 1. The van der Waals surface area contributed by atoms with Crippen LogP contribution in [-0.2, 0) is 14.8 Å². The van der Waals surface area contributed by atoms with Gasteiger partial charge in [0.2, 0.25) is 0 Å². The van der Waals surface area contributed by atoms with Crippen molar-refractivity contribution < 1.29 is 22.3 Å². The van der Waals surface area contributed by atoms with E-state index in [0.29, 0.717) is 26.3 Å². The molecule has 0 atom stereocenters. The zero-order chi connectivity index (χ0) is 20.0. The van der Waals surface area contributed by atoms with Gasteiger partial charge in [0.1, 0.15) is 5.82 Å². The average Bonchev–Trinajstić information content (AvgIpc) is 2.70. The Balaban J connectivity index is 1.63. The lowest BCUT2D eigenvalue weighted by atomic mass is 10.2. The van der Waals surface area contributed by atoms with Crippen LogP contribution in [0, 0.1) is 5.82 Å². The van der Waals surface area contributed by atoms with Gasteiger partial charge in [0.05, 0.1) is 23.8 Å². The first-order chi connectivity index (χ1) is 13.5. The Hall–Kier alpha value is -2.49. The van der Waals surface area contributed by atoms with E-state index in [-0.39, 0.29) is 22.1 Å². The van der Waals surface area contributed by atoms with Gasteiger partial charge in [0, 0.05) is 31.7 Å². The summed E-state index contributed by atoms with van der Waals surface area (Å²) >= 11 is 0. The molecule has 0 spiro atoms. The van der Waals surface area contributed by atoms with E-state index in [9.17, 15) is 17.6 Å². The number of halogens is 1. The smallest absolute Gasteiger partial charge is 0.262 e. The van der Waals surface area contributed by atoms with Crippen LogP contribution in [0.4, 0.5) is 10.1 Å². The quantitative estimate of drug-likeness (QED) is 0.729. The molecule has 0 bridgehead atoms. The van der Waals surface area contributed by atoms with Gasteiger partial charge in [-0.1, -0.05) is 18.2 Å². The number of para-hydroxylation sites is 1. The molecule has 28 heavy (non-hydrogen) atoms. The van der Waals surface area contributed by atoms with Crippen molar-refractivity contribution in [2.45, 2.75) is 4.90 Å². The molecule has 3 rings (SSSR count). The molecule has 9 heteroatoms. The minimum atomic E-state index is -4.02.